The van der Waals surface area contributed by atoms with Gasteiger partial charge in [-0.1, -0.05) is 0 Å². The van der Waals surface area contributed by atoms with E-state index in [-0.39, 0.29) is 17.9 Å². The minimum absolute atomic E-state index is 0.144. The number of rotatable bonds is 3. The average molecular weight is 303 g/mol. The van der Waals surface area contributed by atoms with Gasteiger partial charge in [0.05, 0.1) is 0 Å². The van der Waals surface area contributed by atoms with Gasteiger partial charge >= 0.3 is 0 Å². The van der Waals surface area contributed by atoms with Crippen molar-refractivity contribution in [3.05, 3.63) is 23.7 Å². The molecule has 1 fully saturated rings. The Bertz CT molecular complexity index is 629. The van der Waals surface area contributed by atoms with Gasteiger partial charge in [0, 0.05) is 41.3 Å². The van der Waals surface area contributed by atoms with Crippen molar-refractivity contribution in [3.8, 4) is 0 Å². The monoisotopic (exact) mass is 303 g/mol. The number of amides is 1. The summed E-state index contributed by atoms with van der Waals surface area (Å²) >= 11 is 1.75. The number of hydrogen-bond donors (Lipinski definition) is 1. The highest BCUT2D eigenvalue weighted by atomic mass is 32.1. The third-order valence-electron chi connectivity index (χ3n) is 3.96. The van der Waals surface area contributed by atoms with Crippen LogP contribution in [-0.4, -0.2) is 30.0 Å². The van der Waals surface area contributed by atoms with Crippen molar-refractivity contribution < 1.29 is 4.79 Å². The normalized spacial score (nSPS) is 16.6. The summed E-state index contributed by atoms with van der Waals surface area (Å²) in [4.78, 5) is 18.9. The van der Waals surface area contributed by atoms with Crippen LogP contribution in [0.4, 0.5) is 5.82 Å². The summed E-state index contributed by atoms with van der Waals surface area (Å²) in [6.07, 6.45) is 3.69. The summed E-state index contributed by atoms with van der Waals surface area (Å²) < 4.78 is 1.28. The summed E-state index contributed by atoms with van der Waals surface area (Å²) in [5.74, 6) is 1.41. The summed E-state index contributed by atoms with van der Waals surface area (Å²) in [6, 6.07) is 4.42. The highest BCUT2D eigenvalue weighted by Crippen LogP contribution is 2.31. The predicted octanol–water partition coefficient (Wildman–Crippen LogP) is 3.04. The molecule has 3 rings (SSSR count). The molecule has 0 saturated carbocycles. The van der Waals surface area contributed by atoms with Crippen molar-refractivity contribution >= 4 is 33.1 Å². The van der Waals surface area contributed by atoms with Crippen LogP contribution in [0.3, 0.4) is 0 Å². The van der Waals surface area contributed by atoms with Gasteiger partial charge in [-0.25, -0.2) is 4.98 Å². The highest BCUT2D eigenvalue weighted by Gasteiger charge is 2.26. The molecule has 3 heterocycles. The second-order valence-corrected chi connectivity index (χ2v) is 6.84. The molecule has 112 valence electrons. The molecular formula is C16H21N3OS. The van der Waals surface area contributed by atoms with Crippen LogP contribution in [0.15, 0.2) is 23.7 Å². The number of fused-ring (bicyclic) bond motifs is 1. The number of hydrogen-bond acceptors (Lipinski definition) is 4. The molecule has 0 aromatic carbocycles. The lowest BCUT2D eigenvalue weighted by atomic mass is 9.95. The lowest BCUT2D eigenvalue weighted by Gasteiger charge is -2.32. The maximum atomic E-state index is 12.1. The number of nitrogens with one attached hydrogen (secondary N) is 1. The van der Waals surface area contributed by atoms with Crippen LogP contribution in [0.1, 0.15) is 26.7 Å². The Balaban J connectivity index is 1.68. The fourth-order valence-corrected chi connectivity index (χ4v) is 3.66. The first-order chi connectivity index (χ1) is 10.1. The quantitative estimate of drug-likeness (QED) is 0.948. The van der Waals surface area contributed by atoms with Crippen LogP contribution in [0.5, 0.6) is 0 Å². The standard InChI is InChI=1S/C16H21N3OS/c1-11(2)18-16(20)12-4-8-19(9-5-12)15-13-6-10-21-14(13)3-7-17-15/h3,6-7,10-12H,4-5,8-9H2,1-2H3,(H,18,20). The maximum absolute atomic E-state index is 12.1. The Morgan fingerprint density at radius 3 is 2.86 bits per heavy atom. The van der Waals surface area contributed by atoms with E-state index in [4.69, 9.17) is 0 Å². The van der Waals surface area contributed by atoms with Crippen molar-refractivity contribution in [2.75, 3.05) is 18.0 Å². The summed E-state index contributed by atoms with van der Waals surface area (Å²) in [7, 11) is 0. The number of pyridine rings is 1. The van der Waals surface area contributed by atoms with Gasteiger partial charge in [0.15, 0.2) is 0 Å². The molecule has 5 heteroatoms. The van der Waals surface area contributed by atoms with Gasteiger partial charge in [-0.3, -0.25) is 4.79 Å². The van der Waals surface area contributed by atoms with Gasteiger partial charge in [-0.2, -0.15) is 0 Å². The molecular weight excluding hydrogens is 282 g/mol. The van der Waals surface area contributed by atoms with Crippen LogP contribution < -0.4 is 10.2 Å². The molecule has 0 bridgehead atoms. The first kappa shape index (κ1) is 14.3. The lowest BCUT2D eigenvalue weighted by Crippen LogP contribution is -2.42. The topological polar surface area (TPSA) is 45.2 Å². The minimum Gasteiger partial charge on any atom is -0.356 e. The number of nitrogens with zero attached hydrogens (tertiary/aromatic N) is 2. The first-order valence-corrected chi connectivity index (χ1v) is 8.40. The van der Waals surface area contributed by atoms with Gasteiger partial charge in [-0.05, 0) is 44.2 Å². The zero-order valence-corrected chi connectivity index (χ0v) is 13.3. The second kappa shape index (κ2) is 6.02. The molecule has 0 spiro atoms. The van der Waals surface area contributed by atoms with Crippen LogP contribution >= 0.6 is 11.3 Å². The average Bonchev–Trinajstić information content (AvgIpc) is 2.95. The lowest BCUT2D eigenvalue weighted by molar-refractivity contribution is -0.126. The molecule has 1 amide bonds. The van der Waals surface area contributed by atoms with Crippen LogP contribution in [0.2, 0.25) is 0 Å². The van der Waals surface area contributed by atoms with Crippen LogP contribution in [-0.2, 0) is 4.79 Å². The number of piperidine rings is 1. The molecule has 0 unspecified atom stereocenters. The highest BCUT2D eigenvalue weighted by molar-refractivity contribution is 7.17. The second-order valence-electron chi connectivity index (χ2n) is 5.89. The van der Waals surface area contributed by atoms with Gasteiger partial charge in [-0.15, -0.1) is 11.3 Å². The fourth-order valence-electron chi connectivity index (χ4n) is 2.89. The molecule has 0 radical (unpaired) electrons. The number of carbonyl (C=O) groups excluding carboxylic acids is 1. The van der Waals surface area contributed by atoms with E-state index in [2.05, 4.69) is 32.7 Å². The summed E-state index contributed by atoms with van der Waals surface area (Å²) in [6.45, 7) is 5.82. The van der Waals surface area contributed by atoms with Gasteiger partial charge in [0.2, 0.25) is 5.91 Å². The Morgan fingerprint density at radius 1 is 1.38 bits per heavy atom. The molecule has 4 nitrogen and oxygen atoms in total. The van der Waals surface area contributed by atoms with E-state index in [1.54, 1.807) is 11.3 Å². The van der Waals surface area contributed by atoms with Gasteiger partial charge < -0.3 is 10.2 Å². The predicted molar refractivity (Wildman–Crippen MR) is 87.8 cm³/mol. The summed E-state index contributed by atoms with van der Waals surface area (Å²) in [5, 5.41) is 6.36. The van der Waals surface area contributed by atoms with Crippen molar-refractivity contribution in [1.82, 2.24) is 10.3 Å². The SMILES string of the molecule is CC(C)NC(=O)C1CCN(c2nccc3sccc23)CC1. The van der Waals surface area contributed by atoms with E-state index < -0.39 is 0 Å². The Kier molecular flexibility index (Phi) is 4.10. The number of carbonyl (C=O) groups is 1. The number of aromatic nitrogens is 1. The largest absolute Gasteiger partial charge is 0.356 e. The van der Waals surface area contributed by atoms with E-state index in [9.17, 15) is 4.79 Å². The van der Waals surface area contributed by atoms with E-state index >= 15 is 0 Å². The Hall–Kier alpha value is -1.62. The minimum atomic E-state index is 0.144. The molecule has 0 atom stereocenters. The fraction of sp³-hybridized carbons (Fsp3) is 0.500. The van der Waals surface area contributed by atoms with Crippen molar-refractivity contribution in [1.29, 1.82) is 0 Å². The van der Waals surface area contributed by atoms with Crippen LogP contribution in [0.25, 0.3) is 10.1 Å². The van der Waals surface area contributed by atoms with Crippen molar-refractivity contribution in [2.24, 2.45) is 5.92 Å². The van der Waals surface area contributed by atoms with E-state index in [1.807, 2.05) is 20.0 Å². The third-order valence-corrected chi connectivity index (χ3v) is 4.84. The smallest absolute Gasteiger partial charge is 0.223 e. The Labute approximate surface area is 129 Å². The molecule has 1 aliphatic rings. The maximum Gasteiger partial charge on any atom is 0.223 e. The first-order valence-electron chi connectivity index (χ1n) is 7.52. The number of anilines is 1. The van der Waals surface area contributed by atoms with Gasteiger partial charge in [0.1, 0.15) is 5.82 Å². The zero-order valence-electron chi connectivity index (χ0n) is 12.5. The van der Waals surface area contributed by atoms with Crippen molar-refractivity contribution in [2.45, 2.75) is 32.7 Å². The molecule has 1 aliphatic heterocycles. The zero-order chi connectivity index (χ0) is 14.8. The molecule has 0 aliphatic carbocycles. The van der Waals surface area contributed by atoms with E-state index in [1.165, 1.54) is 10.1 Å². The molecule has 2 aromatic rings. The van der Waals surface area contributed by atoms with Crippen molar-refractivity contribution in [3.63, 3.8) is 0 Å². The van der Waals surface area contributed by atoms with E-state index in [0.717, 1.165) is 31.7 Å². The molecule has 21 heavy (non-hydrogen) atoms. The third kappa shape index (κ3) is 3.02. The molecule has 1 N–H and O–H groups in total. The van der Waals surface area contributed by atoms with Gasteiger partial charge in [0.25, 0.3) is 0 Å². The Morgan fingerprint density at radius 2 is 2.14 bits per heavy atom. The molecule has 1 saturated heterocycles. The summed E-state index contributed by atoms with van der Waals surface area (Å²) in [5.41, 5.74) is 0. The van der Waals surface area contributed by atoms with Crippen LogP contribution in [0, 0.1) is 5.92 Å². The molecule has 2 aromatic heterocycles. The van der Waals surface area contributed by atoms with E-state index in [0.29, 0.717) is 0 Å². The number of thiophene rings is 1.